The summed E-state index contributed by atoms with van der Waals surface area (Å²) in [6.45, 7) is -0.705. The zero-order valence-corrected chi connectivity index (χ0v) is 11.6. The summed E-state index contributed by atoms with van der Waals surface area (Å²) in [6.07, 6.45) is 2.31. The van der Waals surface area contributed by atoms with Gasteiger partial charge in [-0.3, -0.25) is 9.10 Å². The van der Waals surface area contributed by atoms with E-state index in [0.29, 0.717) is 5.02 Å². The van der Waals surface area contributed by atoms with Crippen molar-refractivity contribution in [2.75, 3.05) is 10.8 Å². The molecule has 0 saturated carbocycles. The largest absolute Gasteiger partial charge is 0.480 e. The van der Waals surface area contributed by atoms with Crippen molar-refractivity contribution in [2.45, 2.75) is 5.03 Å². The van der Waals surface area contributed by atoms with Crippen LogP contribution in [0.5, 0.6) is 0 Å². The van der Waals surface area contributed by atoms with Gasteiger partial charge in [-0.1, -0.05) is 11.6 Å². The summed E-state index contributed by atoms with van der Waals surface area (Å²) in [5.41, 5.74) is 0.200. The Morgan fingerprint density at radius 1 is 1.35 bits per heavy atom. The van der Waals surface area contributed by atoms with Crippen LogP contribution in [-0.2, 0) is 14.8 Å². The number of H-pyrrole nitrogens is 1. The maximum absolute atomic E-state index is 12.4. The van der Waals surface area contributed by atoms with E-state index in [-0.39, 0.29) is 10.7 Å². The summed E-state index contributed by atoms with van der Waals surface area (Å²) < 4.78 is 25.5. The fourth-order valence-electron chi connectivity index (χ4n) is 1.55. The van der Waals surface area contributed by atoms with E-state index in [1.54, 1.807) is 0 Å². The molecule has 20 heavy (non-hydrogen) atoms. The molecule has 0 bridgehead atoms. The lowest BCUT2D eigenvalue weighted by Gasteiger charge is -2.21. The highest BCUT2D eigenvalue weighted by atomic mass is 35.5. The zero-order valence-electron chi connectivity index (χ0n) is 10.0. The predicted octanol–water partition coefficient (Wildman–Crippen LogP) is 1.34. The molecule has 0 saturated heterocycles. The molecule has 0 amide bonds. The fourth-order valence-corrected chi connectivity index (χ4v) is 2.99. The van der Waals surface area contributed by atoms with E-state index in [0.717, 1.165) is 10.5 Å². The molecule has 1 aromatic carbocycles. The van der Waals surface area contributed by atoms with Crippen molar-refractivity contribution in [2.24, 2.45) is 0 Å². The first kappa shape index (κ1) is 14.4. The van der Waals surface area contributed by atoms with E-state index in [1.807, 2.05) is 0 Å². The van der Waals surface area contributed by atoms with Gasteiger partial charge in [0.15, 0.2) is 5.03 Å². The van der Waals surface area contributed by atoms with Gasteiger partial charge in [-0.2, -0.15) is 8.42 Å². The summed E-state index contributed by atoms with van der Waals surface area (Å²) in [5, 5.41) is 9.14. The number of hydrogen-bond acceptors (Lipinski definition) is 4. The zero-order chi connectivity index (χ0) is 14.8. The van der Waals surface area contributed by atoms with Crippen LogP contribution in [0.2, 0.25) is 5.02 Å². The molecule has 0 unspecified atom stereocenters. The molecule has 9 heteroatoms. The highest BCUT2D eigenvalue weighted by Crippen LogP contribution is 2.23. The van der Waals surface area contributed by atoms with Crippen molar-refractivity contribution in [3.05, 3.63) is 41.8 Å². The highest BCUT2D eigenvalue weighted by Gasteiger charge is 2.28. The van der Waals surface area contributed by atoms with E-state index in [9.17, 15) is 13.2 Å². The molecule has 106 valence electrons. The van der Waals surface area contributed by atoms with Crippen molar-refractivity contribution < 1.29 is 18.3 Å². The monoisotopic (exact) mass is 315 g/mol. The molecule has 0 fully saturated rings. The third kappa shape index (κ3) is 2.91. The number of sulfonamides is 1. The number of benzene rings is 1. The Hall–Kier alpha value is -2.06. The number of aliphatic carboxylic acids is 1. The normalized spacial score (nSPS) is 11.2. The van der Waals surface area contributed by atoms with Crippen molar-refractivity contribution in [1.29, 1.82) is 0 Å². The van der Waals surface area contributed by atoms with Gasteiger partial charge in [0.1, 0.15) is 6.54 Å². The lowest BCUT2D eigenvalue weighted by atomic mass is 10.3. The van der Waals surface area contributed by atoms with Crippen LogP contribution >= 0.6 is 11.6 Å². The first-order valence-electron chi connectivity index (χ1n) is 5.40. The molecule has 0 aliphatic rings. The van der Waals surface area contributed by atoms with Gasteiger partial charge in [-0.05, 0) is 24.3 Å². The third-order valence-corrected chi connectivity index (χ3v) is 4.39. The van der Waals surface area contributed by atoms with Crippen LogP contribution in [0.25, 0.3) is 0 Å². The molecule has 0 aliphatic heterocycles. The quantitative estimate of drug-likeness (QED) is 0.866. The molecule has 7 nitrogen and oxygen atoms in total. The molecule has 0 radical (unpaired) electrons. The first-order valence-corrected chi connectivity index (χ1v) is 7.21. The molecular weight excluding hydrogens is 306 g/mol. The van der Waals surface area contributed by atoms with Gasteiger partial charge in [-0.25, -0.2) is 4.98 Å². The van der Waals surface area contributed by atoms with Crippen molar-refractivity contribution in [3.8, 4) is 0 Å². The first-order chi connectivity index (χ1) is 9.41. The van der Waals surface area contributed by atoms with Gasteiger partial charge in [0.2, 0.25) is 0 Å². The van der Waals surface area contributed by atoms with Crippen LogP contribution in [0, 0.1) is 0 Å². The van der Waals surface area contributed by atoms with Crippen molar-refractivity contribution >= 4 is 33.3 Å². The van der Waals surface area contributed by atoms with Crippen LogP contribution in [0.1, 0.15) is 0 Å². The number of anilines is 1. The van der Waals surface area contributed by atoms with E-state index in [1.165, 1.54) is 30.6 Å². The minimum absolute atomic E-state index is 0.186. The lowest BCUT2D eigenvalue weighted by molar-refractivity contribution is -0.135. The van der Waals surface area contributed by atoms with Gasteiger partial charge in [0.05, 0.1) is 18.2 Å². The summed E-state index contributed by atoms with van der Waals surface area (Å²) >= 11 is 5.74. The number of nitrogens with one attached hydrogen (secondary N) is 1. The lowest BCUT2D eigenvalue weighted by Crippen LogP contribution is -2.35. The van der Waals surface area contributed by atoms with Crippen LogP contribution in [0.4, 0.5) is 5.69 Å². The summed E-state index contributed by atoms with van der Waals surface area (Å²) in [4.78, 5) is 17.0. The van der Waals surface area contributed by atoms with Gasteiger partial charge in [0.25, 0.3) is 10.0 Å². The number of hydrogen-bond donors (Lipinski definition) is 2. The minimum Gasteiger partial charge on any atom is -0.480 e. The van der Waals surface area contributed by atoms with Gasteiger partial charge in [-0.15, -0.1) is 0 Å². The van der Waals surface area contributed by atoms with E-state index >= 15 is 0 Å². The molecular formula is C11H10ClN3O4S. The molecule has 0 aliphatic carbocycles. The number of carboxylic acid groups (broad SMARTS) is 1. The van der Waals surface area contributed by atoms with Gasteiger partial charge >= 0.3 is 5.97 Å². The number of halogens is 1. The maximum Gasteiger partial charge on any atom is 0.324 e. The number of carbonyl (C=O) groups is 1. The van der Waals surface area contributed by atoms with Crippen LogP contribution in [0.15, 0.2) is 41.8 Å². The Bertz CT molecular complexity index is 698. The van der Waals surface area contributed by atoms with Crippen LogP contribution in [0.3, 0.4) is 0 Å². The maximum atomic E-state index is 12.4. The average Bonchev–Trinajstić information content (AvgIpc) is 2.91. The van der Waals surface area contributed by atoms with E-state index < -0.39 is 22.5 Å². The molecule has 0 spiro atoms. The molecule has 0 atom stereocenters. The van der Waals surface area contributed by atoms with E-state index in [2.05, 4.69) is 9.97 Å². The Balaban J connectivity index is 2.48. The summed E-state index contributed by atoms with van der Waals surface area (Å²) in [6, 6.07) is 5.82. The molecule has 2 aromatic rings. The molecule has 1 aromatic heterocycles. The molecule has 1 heterocycles. The van der Waals surface area contributed by atoms with Gasteiger partial charge < -0.3 is 10.1 Å². The topological polar surface area (TPSA) is 103 Å². The fraction of sp³-hybridized carbons (Fsp3) is 0.0909. The van der Waals surface area contributed by atoms with E-state index in [4.69, 9.17) is 16.7 Å². The average molecular weight is 316 g/mol. The number of nitrogens with zero attached hydrogens (tertiary/aromatic N) is 2. The Labute approximate surface area is 119 Å². The number of rotatable bonds is 5. The number of aromatic nitrogens is 2. The van der Waals surface area contributed by atoms with Crippen molar-refractivity contribution in [1.82, 2.24) is 9.97 Å². The van der Waals surface area contributed by atoms with Gasteiger partial charge in [0, 0.05) is 5.02 Å². The second-order valence-electron chi connectivity index (χ2n) is 3.80. The highest BCUT2D eigenvalue weighted by molar-refractivity contribution is 7.92. The molecule has 2 N–H and O–H groups in total. The smallest absolute Gasteiger partial charge is 0.324 e. The second-order valence-corrected chi connectivity index (χ2v) is 6.06. The van der Waals surface area contributed by atoms with Crippen molar-refractivity contribution in [3.63, 3.8) is 0 Å². The summed E-state index contributed by atoms with van der Waals surface area (Å²) in [7, 11) is -4.03. The third-order valence-electron chi connectivity index (χ3n) is 2.43. The standard InChI is InChI=1S/C11H10ClN3O4S/c12-8-1-3-9(4-2-8)15(6-11(16)17)20(18,19)10-5-13-7-14-10/h1-5,7H,6H2,(H,13,14)(H,16,17). The number of carboxylic acids is 1. The summed E-state index contributed by atoms with van der Waals surface area (Å²) in [5.74, 6) is -1.27. The number of imidazole rings is 1. The molecule has 2 rings (SSSR count). The second kappa shape index (κ2) is 5.51. The number of aromatic amines is 1. The minimum atomic E-state index is -4.03. The van der Waals surface area contributed by atoms with Crippen LogP contribution in [-0.4, -0.2) is 36.0 Å². The Morgan fingerprint density at radius 3 is 2.50 bits per heavy atom. The van der Waals surface area contributed by atoms with Crippen LogP contribution < -0.4 is 4.31 Å². The Morgan fingerprint density at radius 2 is 2.00 bits per heavy atom. The predicted molar refractivity (Wildman–Crippen MR) is 72.2 cm³/mol. The SMILES string of the molecule is O=C(O)CN(c1ccc(Cl)cc1)S(=O)(=O)c1cnc[nH]1. The Kier molecular flexibility index (Phi) is 3.96.